The summed E-state index contributed by atoms with van der Waals surface area (Å²) in [5, 5.41) is 0. The molecule has 2 atom stereocenters. The number of hydrogen-bond acceptors (Lipinski definition) is 3. The maximum atomic E-state index is 12.6. The topological polar surface area (TPSA) is 55.6 Å². The molecule has 2 N–H and O–H groups in total. The Morgan fingerprint density at radius 1 is 1.30 bits per heavy atom. The summed E-state index contributed by atoms with van der Waals surface area (Å²) in [5.41, 5.74) is 8.28. The number of hydrogen-bond donors (Lipinski definition) is 1. The molecule has 0 radical (unpaired) electrons. The van der Waals surface area contributed by atoms with E-state index in [4.69, 9.17) is 10.5 Å². The van der Waals surface area contributed by atoms with Crippen molar-refractivity contribution in [2.75, 3.05) is 18.1 Å². The Balaban J connectivity index is 1.81. The van der Waals surface area contributed by atoms with Gasteiger partial charge in [-0.1, -0.05) is 18.2 Å². The molecule has 2 aliphatic heterocycles. The second-order valence-corrected chi connectivity index (χ2v) is 5.69. The van der Waals surface area contributed by atoms with Gasteiger partial charge in [0.25, 0.3) is 0 Å². The van der Waals surface area contributed by atoms with E-state index in [2.05, 4.69) is 0 Å². The third-order valence-electron chi connectivity index (χ3n) is 4.25. The van der Waals surface area contributed by atoms with E-state index in [9.17, 15) is 4.79 Å². The van der Waals surface area contributed by atoms with Gasteiger partial charge in [-0.2, -0.15) is 0 Å². The summed E-state index contributed by atoms with van der Waals surface area (Å²) in [6.07, 6.45) is 4.55. The van der Waals surface area contributed by atoms with Crippen molar-refractivity contribution in [2.45, 2.75) is 44.2 Å². The highest BCUT2D eigenvalue weighted by Gasteiger charge is 2.27. The molecule has 0 aliphatic carbocycles. The lowest BCUT2D eigenvalue weighted by Crippen LogP contribution is -2.34. The fraction of sp³-hybridized carbons (Fsp3) is 0.562. The van der Waals surface area contributed by atoms with E-state index in [1.807, 2.05) is 29.2 Å². The van der Waals surface area contributed by atoms with Gasteiger partial charge in [-0.25, -0.2) is 0 Å². The van der Waals surface area contributed by atoms with Crippen molar-refractivity contribution in [1.82, 2.24) is 0 Å². The Labute approximate surface area is 119 Å². The number of nitrogens with zero attached hydrogens (tertiary/aromatic N) is 1. The Kier molecular flexibility index (Phi) is 4.03. The van der Waals surface area contributed by atoms with Gasteiger partial charge in [-0.05, 0) is 37.3 Å². The van der Waals surface area contributed by atoms with Crippen LogP contribution in [-0.2, 0) is 9.53 Å². The molecule has 2 heterocycles. The normalized spacial score (nSPS) is 26.1. The van der Waals surface area contributed by atoms with Crippen LogP contribution in [0.5, 0.6) is 0 Å². The molecule has 0 spiro atoms. The zero-order valence-electron chi connectivity index (χ0n) is 11.8. The molecule has 3 rings (SSSR count). The van der Waals surface area contributed by atoms with Crippen LogP contribution in [0.25, 0.3) is 0 Å². The molecule has 0 saturated carbocycles. The van der Waals surface area contributed by atoms with Crippen molar-refractivity contribution in [1.29, 1.82) is 0 Å². The Bertz CT molecular complexity index is 483. The lowest BCUT2D eigenvalue weighted by atomic mass is 10.0. The van der Waals surface area contributed by atoms with E-state index >= 15 is 0 Å². The highest BCUT2D eigenvalue weighted by Crippen LogP contribution is 2.32. The fourth-order valence-corrected chi connectivity index (χ4v) is 3.16. The molecule has 1 aromatic carbocycles. The summed E-state index contributed by atoms with van der Waals surface area (Å²) in [6.45, 7) is 1.55. The van der Waals surface area contributed by atoms with Crippen molar-refractivity contribution in [3.05, 3.63) is 29.8 Å². The Hall–Kier alpha value is -1.39. The lowest BCUT2D eigenvalue weighted by Gasteiger charge is -2.24. The molecule has 0 aromatic heterocycles. The van der Waals surface area contributed by atoms with Crippen LogP contribution in [0, 0.1) is 0 Å². The summed E-state index contributed by atoms with van der Waals surface area (Å²) in [7, 11) is 0. The average molecular weight is 274 g/mol. The van der Waals surface area contributed by atoms with Crippen molar-refractivity contribution in [2.24, 2.45) is 5.73 Å². The highest BCUT2D eigenvalue weighted by molar-refractivity contribution is 5.94. The second-order valence-electron chi connectivity index (χ2n) is 5.69. The predicted octanol–water partition coefficient (Wildman–Crippen LogP) is 2.38. The van der Waals surface area contributed by atoms with Gasteiger partial charge in [-0.15, -0.1) is 0 Å². The van der Waals surface area contributed by atoms with E-state index in [1.54, 1.807) is 0 Å². The fourth-order valence-electron chi connectivity index (χ4n) is 3.16. The minimum atomic E-state index is 0.0340. The monoisotopic (exact) mass is 274 g/mol. The first-order valence-electron chi connectivity index (χ1n) is 7.52. The minimum Gasteiger partial charge on any atom is -0.378 e. The van der Waals surface area contributed by atoms with Crippen molar-refractivity contribution in [3.63, 3.8) is 0 Å². The van der Waals surface area contributed by atoms with Crippen LogP contribution in [0.2, 0.25) is 0 Å². The summed E-state index contributed by atoms with van der Waals surface area (Å²) >= 11 is 0. The summed E-state index contributed by atoms with van der Waals surface area (Å²) in [5.74, 6) is 0.165. The van der Waals surface area contributed by atoms with Crippen molar-refractivity contribution < 1.29 is 9.53 Å². The van der Waals surface area contributed by atoms with Crippen LogP contribution in [0.15, 0.2) is 24.3 Å². The van der Waals surface area contributed by atoms with Gasteiger partial charge in [0.15, 0.2) is 0 Å². The van der Waals surface area contributed by atoms with E-state index in [-0.39, 0.29) is 18.1 Å². The van der Waals surface area contributed by atoms with Gasteiger partial charge < -0.3 is 15.4 Å². The van der Waals surface area contributed by atoms with Gasteiger partial charge in [0.2, 0.25) is 5.91 Å². The van der Waals surface area contributed by atoms with Crippen LogP contribution in [-0.4, -0.2) is 25.2 Å². The van der Waals surface area contributed by atoms with Crippen molar-refractivity contribution >= 4 is 11.6 Å². The standard InChI is InChI=1S/C16H22N2O2/c17-14-7-3-9-18(15-8-2-1-6-13(14)15)16(19)11-12-5-4-10-20-12/h1-2,6,8,12,14H,3-5,7,9-11,17H2. The summed E-state index contributed by atoms with van der Waals surface area (Å²) < 4.78 is 5.58. The first-order chi connectivity index (χ1) is 9.75. The molecule has 2 unspecified atom stereocenters. The van der Waals surface area contributed by atoms with Crippen LogP contribution in [0.1, 0.15) is 43.7 Å². The summed E-state index contributed by atoms with van der Waals surface area (Å²) in [6, 6.07) is 8.05. The SMILES string of the molecule is NC1CCCN(C(=O)CC2CCCO2)c2ccccc21. The quantitative estimate of drug-likeness (QED) is 0.901. The largest absolute Gasteiger partial charge is 0.378 e. The number of anilines is 1. The molecule has 20 heavy (non-hydrogen) atoms. The number of nitrogens with two attached hydrogens (primary N) is 1. The van der Waals surface area contributed by atoms with Gasteiger partial charge in [0.05, 0.1) is 12.5 Å². The van der Waals surface area contributed by atoms with Gasteiger partial charge >= 0.3 is 0 Å². The third-order valence-corrected chi connectivity index (χ3v) is 4.25. The molecular formula is C16H22N2O2. The number of rotatable bonds is 2. The second kappa shape index (κ2) is 5.94. The number of amides is 1. The van der Waals surface area contributed by atoms with Crippen LogP contribution in [0.4, 0.5) is 5.69 Å². The maximum Gasteiger partial charge on any atom is 0.229 e. The number of para-hydroxylation sites is 1. The number of carbonyl (C=O) groups is 1. The van der Waals surface area contributed by atoms with E-state index in [1.165, 1.54) is 0 Å². The molecule has 1 amide bonds. The van der Waals surface area contributed by atoms with Crippen LogP contribution < -0.4 is 10.6 Å². The smallest absolute Gasteiger partial charge is 0.229 e. The molecule has 1 fully saturated rings. The van der Waals surface area contributed by atoms with Crippen LogP contribution >= 0.6 is 0 Å². The zero-order chi connectivity index (χ0) is 13.9. The van der Waals surface area contributed by atoms with E-state index < -0.39 is 0 Å². The van der Waals surface area contributed by atoms with Gasteiger partial charge in [0.1, 0.15) is 0 Å². The molecule has 1 aromatic rings. The molecular weight excluding hydrogens is 252 g/mol. The lowest BCUT2D eigenvalue weighted by molar-refractivity contribution is -0.120. The first-order valence-corrected chi connectivity index (χ1v) is 7.52. The van der Waals surface area contributed by atoms with Gasteiger partial charge in [-0.3, -0.25) is 4.79 Å². The number of benzene rings is 1. The van der Waals surface area contributed by atoms with E-state index in [0.717, 1.165) is 50.1 Å². The number of carbonyl (C=O) groups excluding carboxylic acids is 1. The minimum absolute atomic E-state index is 0.0340. The number of fused-ring (bicyclic) bond motifs is 1. The molecule has 0 bridgehead atoms. The maximum absolute atomic E-state index is 12.6. The summed E-state index contributed by atoms with van der Waals surface area (Å²) in [4.78, 5) is 14.5. The third kappa shape index (κ3) is 2.72. The zero-order valence-corrected chi connectivity index (χ0v) is 11.8. The average Bonchev–Trinajstić information content (AvgIpc) is 2.90. The van der Waals surface area contributed by atoms with Gasteiger partial charge in [0, 0.05) is 24.9 Å². The Morgan fingerprint density at radius 2 is 2.15 bits per heavy atom. The van der Waals surface area contributed by atoms with Crippen molar-refractivity contribution in [3.8, 4) is 0 Å². The van der Waals surface area contributed by atoms with E-state index in [0.29, 0.717) is 6.42 Å². The molecule has 1 saturated heterocycles. The predicted molar refractivity (Wildman–Crippen MR) is 78.5 cm³/mol. The highest BCUT2D eigenvalue weighted by atomic mass is 16.5. The van der Waals surface area contributed by atoms with Crippen LogP contribution in [0.3, 0.4) is 0 Å². The molecule has 108 valence electrons. The number of ether oxygens (including phenoxy) is 1. The molecule has 4 heteroatoms. The molecule has 2 aliphatic rings. The Morgan fingerprint density at radius 3 is 2.95 bits per heavy atom. The first kappa shape index (κ1) is 13.6. The molecule has 4 nitrogen and oxygen atoms in total.